The molecule has 0 aliphatic rings. The summed E-state index contributed by atoms with van der Waals surface area (Å²) in [6.45, 7) is 0. The summed E-state index contributed by atoms with van der Waals surface area (Å²) in [6.07, 6.45) is -0.515. The van der Waals surface area contributed by atoms with E-state index in [2.05, 4.69) is 10.1 Å². The fourth-order valence-electron chi connectivity index (χ4n) is 1.61. The average Bonchev–Trinajstić information content (AvgIpc) is 2.40. The molecule has 1 amide bonds. The minimum absolute atomic E-state index is 0.515. The Morgan fingerprint density at radius 3 is 2.50 bits per heavy atom. The number of benzene rings is 2. The summed E-state index contributed by atoms with van der Waals surface area (Å²) in [5.41, 5.74) is 2.56. The average molecular weight is 262 g/mol. The summed E-state index contributed by atoms with van der Waals surface area (Å²) in [5.74, 6) is 0. The Bertz CT molecular complexity index is 555. The molecular weight excluding hydrogens is 250 g/mol. The number of ether oxygens (including phenoxy) is 1. The summed E-state index contributed by atoms with van der Waals surface area (Å²) in [4.78, 5) is 11.1. The molecule has 0 fully saturated rings. The van der Waals surface area contributed by atoms with Gasteiger partial charge in [-0.25, -0.2) is 4.79 Å². The molecular formula is C14H12ClNO2. The molecule has 3 nitrogen and oxygen atoms in total. The van der Waals surface area contributed by atoms with Crippen LogP contribution in [-0.4, -0.2) is 13.2 Å². The first-order valence-corrected chi connectivity index (χ1v) is 5.78. The highest BCUT2D eigenvalue weighted by Crippen LogP contribution is 2.30. The van der Waals surface area contributed by atoms with E-state index >= 15 is 0 Å². The Morgan fingerprint density at radius 1 is 1.17 bits per heavy atom. The Balaban J connectivity index is 2.28. The lowest BCUT2D eigenvalue weighted by molar-refractivity contribution is 0.187. The maximum Gasteiger partial charge on any atom is 0.411 e. The van der Waals surface area contributed by atoms with Crippen molar-refractivity contribution in [3.63, 3.8) is 0 Å². The van der Waals surface area contributed by atoms with Crippen molar-refractivity contribution in [1.29, 1.82) is 0 Å². The van der Waals surface area contributed by atoms with Crippen LogP contribution in [0.2, 0.25) is 5.02 Å². The highest BCUT2D eigenvalue weighted by Gasteiger charge is 2.06. The van der Waals surface area contributed by atoms with E-state index in [9.17, 15) is 4.79 Å². The second-order valence-corrected chi connectivity index (χ2v) is 4.08. The van der Waals surface area contributed by atoms with E-state index in [1.54, 1.807) is 12.1 Å². The number of carbonyl (C=O) groups excluding carboxylic acids is 1. The van der Waals surface area contributed by atoms with Crippen LogP contribution in [-0.2, 0) is 4.74 Å². The smallest absolute Gasteiger partial charge is 0.411 e. The van der Waals surface area contributed by atoms with E-state index in [1.807, 2.05) is 36.4 Å². The van der Waals surface area contributed by atoms with Crippen molar-refractivity contribution in [1.82, 2.24) is 0 Å². The monoisotopic (exact) mass is 261 g/mol. The topological polar surface area (TPSA) is 38.3 Å². The number of amides is 1. The second kappa shape index (κ2) is 5.56. The van der Waals surface area contributed by atoms with Crippen LogP contribution in [0.1, 0.15) is 0 Å². The number of hydrogen-bond acceptors (Lipinski definition) is 2. The van der Waals surface area contributed by atoms with Crippen molar-refractivity contribution < 1.29 is 9.53 Å². The normalized spacial score (nSPS) is 9.89. The fourth-order valence-corrected chi connectivity index (χ4v) is 1.90. The van der Waals surface area contributed by atoms with Crippen LogP contribution in [0.25, 0.3) is 11.1 Å². The van der Waals surface area contributed by atoms with Crippen LogP contribution in [0.4, 0.5) is 10.5 Å². The van der Waals surface area contributed by atoms with Crippen molar-refractivity contribution in [3.05, 3.63) is 53.6 Å². The Morgan fingerprint density at radius 2 is 1.89 bits per heavy atom. The van der Waals surface area contributed by atoms with Crippen molar-refractivity contribution in [3.8, 4) is 11.1 Å². The highest BCUT2D eigenvalue weighted by atomic mass is 35.5. The van der Waals surface area contributed by atoms with E-state index < -0.39 is 6.09 Å². The van der Waals surface area contributed by atoms with Crippen LogP contribution < -0.4 is 5.32 Å². The minimum atomic E-state index is -0.515. The first-order valence-electron chi connectivity index (χ1n) is 5.40. The van der Waals surface area contributed by atoms with Gasteiger partial charge >= 0.3 is 6.09 Å². The van der Waals surface area contributed by atoms with E-state index in [0.717, 1.165) is 11.1 Å². The lowest BCUT2D eigenvalue weighted by atomic mass is 10.1. The van der Waals surface area contributed by atoms with Gasteiger partial charge in [-0.05, 0) is 17.7 Å². The van der Waals surface area contributed by atoms with Crippen LogP contribution in [0.3, 0.4) is 0 Å². The van der Waals surface area contributed by atoms with Gasteiger partial charge in [-0.2, -0.15) is 0 Å². The number of halogens is 1. The minimum Gasteiger partial charge on any atom is -0.453 e. The zero-order valence-electron chi connectivity index (χ0n) is 9.81. The molecule has 0 saturated carbocycles. The number of nitrogens with one attached hydrogen (secondary N) is 1. The van der Waals surface area contributed by atoms with Crippen molar-refractivity contribution >= 4 is 23.4 Å². The zero-order valence-corrected chi connectivity index (χ0v) is 10.6. The lowest BCUT2D eigenvalue weighted by Gasteiger charge is -2.08. The molecule has 0 bridgehead atoms. The third kappa shape index (κ3) is 2.81. The van der Waals surface area contributed by atoms with Gasteiger partial charge in [-0.3, -0.25) is 5.32 Å². The van der Waals surface area contributed by atoms with E-state index in [-0.39, 0.29) is 0 Å². The summed E-state index contributed by atoms with van der Waals surface area (Å²) in [6, 6.07) is 15.2. The van der Waals surface area contributed by atoms with Gasteiger partial charge in [0.25, 0.3) is 0 Å². The maximum atomic E-state index is 11.1. The van der Waals surface area contributed by atoms with E-state index in [1.165, 1.54) is 7.11 Å². The van der Waals surface area contributed by atoms with Gasteiger partial charge in [0.15, 0.2) is 0 Å². The van der Waals surface area contributed by atoms with E-state index in [4.69, 9.17) is 11.6 Å². The molecule has 0 radical (unpaired) electrons. The van der Waals surface area contributed by atoms with Crippen molar-refractivity contribution in [2.45, 2.75) is 0 Å². The Labute approximate surface area is 110 Å². The number of carbonyl (C=O) groups is 1. The molecule has 2 rings (SSSR count). The van der Waals surface area contributed by atoms with E-state index in [0.29, 0.717) is 10.7 Å². The number of hydrogen-bond donors (Lipinski definition) is 1. The van der Waals surface area contributed by atoms with Crippen LogP contribution in [0, 0.1) is 0 Å². The first kappa shape index (κ1) is 12.5. The van der Waals surface area contributed by atoms with Gasteiger partial charge in [-0.15, -0.1) is 0 Å². The quantitative estimate of drug-likeness (QED) is 0.880. The molecule has 0 aliphatic carbocycles. The molecule has 0 spiro atoms. The van der Waals surface area contributed by atoms with Gasteiger partial charge in [0.1, 0.15) is 0 Å². The number of rotatable bonds is 2. The second-order valence-electron chi connectivity index (χ2n) is 3.68. The first-order chi connectivity index (χ1) is 8.70. The molecule has 1 N–H and O–H groups in total. The summed E-state index contributed by atoms with van der Waals surface area (Å²) >= 11 is 6.20. The largest absolute Gasteiger partial charge is 0.453 e. The molecule has 92 valence electrons. The zero-order chi connectivity index (χ0) is 13.0. The van der Waals surface area contributed by atoms with Gasteiger partial charge < -0.3 is 4.74 Å². The third-order valence-electron chi connectivity index (χ3n) is 2.49. The van der Waals surface area contributed by atoms with Crippen LogP contribution >= 0.6 is 11.6 Å². The van der Waals surface area contributed by atoms with Crippen molar-refractivity contribution in [2.24, 2.45) is 0 Å². The molecule has 0 aliphatic heterocycles. The standard InChI is InChI=1S/C14H12ClNO2/c1-18-14(17)16-11-7-8-12(13(15)9-11)10-5-3-2-4-6-10/h2-9H,1H3,(H,16,17). The third-order valence-corrected chi connectivity index (χ3v) is 2.80. The molecule has 0 heterocycles. The van der Waals surface area contributed by atoms with Gasteiger partial charge in [-0.1, -0.05) is 48.0 Å². The van der Waals surface area contributed by atoms with Gasteiger partial charge in [0.2, 0.25) is 0 Å². The summed E-state index contributed by atoms with van der Waals surface area (Å²) in [5, 5.41) is 3.14. The van der Waals surface area contributed by atoms with Crippen LogP contribution in [0.5, 0.6) is 0 Å². The van der Waals surface area contributed by atoms with Gasteiger partial charge in [0.05, 0.1) is 12.1 Å². The number of methoxy groups -OCH3 is 1. The maximum absolute atomic E-state index is 11.1. The molecule has 2 aromatic carbocycles. The van der Waals surface area contributed by atoms with Crippen LogP contribution in [0.15, 0.2) is 48.5 Å². The molecule has 18 heavy (non-hydrogen) atoms. The SMILES string of the molecule is COC(=O)Nc1ccc(-c2ccccc2)c(Cl)c1. The fraction of sp³-hybridized carbons (Fsp3) is 0.0714. The Kier molecular flexibility index (Phi) is 3.85. The molecule has 0 atom stereocenters. The molecule has 2 aromatic rings. The van der Waals surface area contributed by atoms with Crippen molar-refractivity contribution in [2.75, 3.05) is 12.4 Å². The molecule has 4 heteroatoms. The lowest BCUT2D eigenvalue weighted by Crippen LogP contribution is -2.10. The Hall–Kier alpha value is -2.00. The molecule has 0 unspecified atom stereocenters. The molecule has 0 aromatic heterocycles. The summed E-state index contributed by atoms with van der Waals surface area (Å²) in [7, 11) is 1.31. The predicted molar refractivity (Wildman–Crippen MR) is 72.9 cm³/mol. The van der Waals surface area contributed by atoms with Gasteiger partial charge in [0, 0.05) is 11.3 Å². The highest BCUT2D eigenvalue weighted by molar-refractivity contribution is 6.33. The predicted octanol–water partition coefficient (Wildman–Crippen LogP) is 4.19. The number of anilines is 1. The summed E-state index contributed by atoms with van der Waals surface area (Å²) < 4.78 is 4.52. The molecule has 0 saturated heterocycles.